The number of alkyl halides is 2. The third-order valence-corrected chi connectivity index (χ3v) is 7.82. The number of hydrogen-bond acceptors (Lipinski definition) is 8. The van der Waals surface area contributed by atoms with E-state index in [1.807, 2.05) is 13.0 Å². The second kappa shape index (κ2) is 11.6. The fourth-order valence-corrected chi connectivity index (χ4v) is 5.21. The van der Waals surface area contributed by atoms with Gasteiger partial charge in [-0.1, -0.05) is 5.16 Å². The average molecular weight is 560 g/mol. The minimum atomic E-state index is -2.73. The van der Waals surface area contributed by atoms with Gasteiger partial charge in [0.05, 0.1) is 30.1 Å². The van der Waals surface area contributed by atoms with Gasteiger partial charge in [0.2, 0.25) is 11.8 Å². The van der Waals surface area contributed by atoms with Gasteiger partial charge in [-0.2, -0.15) is 5.10 Å². The smallest absolute Gasteiger partial charge is 0.276 e. The zero-order valence-corrected chi connectivity index (χ0v) is 22.7. The van der Waals surface area contributed by atoms with E-state index < -0.39 is 17.9 Å². The number of rotatable bonds is 12. The first-order valence-corrected chi connectivity index (χ1v) is 13.8. The van der Waals surface area contributed by atoms with Crippen molar-refractivity contribution in [2.45, 2.75) is 89.3 Å². The monoisotopic (exact) mass is 559 g/mol. The molecule has 2 amide bonds. The van der Waals surface area contributed by atoms with E-state index in [4.69, 9.17) is 9.72 Å². The SMILES string of the molecule is C=Nn1cc([C@@H](NC(=O)c2nonc2C)C2CCC(F)(F)CC2)nc1/C=C(\C)[C@H](NC(=O)COC1CC1)C1CC1. The summed E-state index contributed by atoms with van der Waals surface area (Å²) in [6, 6.07) is -0.846. The van der Waals surface area contributed by atoms with E-state index in [0.717, 1.165) is 31.3 Å². The minimum absolute atomic E-state index is 0.0251. The van der Waals surface area contributed by atoms with Gasteiger partial charge in [-0.15, -0.1) is 0 Å². The van der Waals surface area contributed by atoms with Crippen LogP contribution in [0, 0.1) is 18.8 Å². The van der Waals surface area contributed by atoms with Crippen LogP contribution in [0.15, 0.2) is 21.5 Å². The summed E-state index contributed by atoms with van der Waals surface area (Å²) in [4.78, 5) is 30.3. The summed E-state index contributed by atoms with van der Waals surface area (Å²) in [6.45, 7) is 7.20. The number of aryl methyl sites for hydroxylation is 1. The van der Waals surface area contributed by atoms with E-state index in [0.29, 0.717) is 23.1 Å². The molecule has 0 radical (unpaired) electrons. The molecule has 2 aromatic rings. The lowest BCUT2D eigenvalue weighted by molar-refractivity contribution is -0.126. The molecule has 3 aliphatic rings. The van der Waals surface area contributed by atoms with Gasteiger partial charge in [-0.05, 0) is 81.0 Å². The highest BCUT2D eigenvalue weighted by atomic mass is 19.3. The van der Waals surface area contributed by atoms with Crippen molar-refractivity contribution in [1.29, 1.82) is 0 Å². The van der Waals surface area contributed by atoms with Crippen LogP contribution in [0.3, 0.4) is 0 Å². The van der Waals surface area contributed by atoms with Crippen molar-refractivity contribution in [2.24, 2.45) is 16.9 Å². The standard InChI is InChI=1S/C27H35F2N7O4/c1-15(23(17-4-5-17)32-22(37)14-39-19-6-7-19)12-21-31-20(13-36(21)30-3)25(18-8-10-27(28,29)11-9-18)33-26(38)24-16(2)34-40-35-24/h12-13,17-19,23,25H,3-11,14H2,1-2H3,(H,32,37)(H,33,38)/b15-12+/t23-,25-/m0/s1. The first-order chi connectivity index (χ1) is 19.1. The Kier molecular flexibility index (Phi) is 8.11. The molecule has 0 unspecified atom stereocenters. The maximum atomic E-state index is 14.0. The molecule has 0 bridgehead atoms. The van der Waals surface area contributed by atoms with E-state index in [9.17, 15) is 18.4 Å². The third-order valence-electron chi connectivity index (χ3n) is 7.82. The van der Waals surface area contributed by atoms with E-state index in [1.165, 1.54) is 4.68 Å². The van der Waals surface area contributed by atoms with Crippen molar-refractivity contribution in [2.75, 3.05) is 6.61 Å². The van der Waals surface area contributed by atoms with Gasteiger partial charge in [0, 0.05) is 19.6 Å². The Morgan fingerprint density at radius 1 is 1.20 bits per heavy atom. The first kappa shape index (κ1) is 28.1. The van der Waals surface area contributed by atoms with Gasteiger partial charge in [0.15, 0.2) is 11.5 Å². The Balaban J connectivity index is 1.38. The summed E-state index contributed by atoms with van der Waals surface area (Å²) in [5.41, 5.74) is 1.71. The molecule has 3 fully saturated rings. The lowest BCUT2D eigenvalue weighted by atomic mass is 9.81. The molecule has 3 aliphatic carbocycles. The molecule has 0 aliphatic heterocycles. The van der Waals surface area contributed by atoms with E-state index in [1.54, 1.807) is 13.1 Å². The molecule has 5 rings (SSSR count). The largest absolute Gasteiger partial charge is 0.368 e. The zero-order chi connectivity index (χ0) is 28.4. The molecule has 2 N–H and O–H groups in total. The topological polar surface area (TPSA) is 137 Å². The number of ether oxygens (including phenoxy) is 1. The Labute approximate surface area is 230 Å². The number of carbonyl (C=O) groups excluding carboxylic acids is 2. The highest BCUT2D eigenvalue weighted by Gasteiger charge is 2.40. The van der Waals surface area contributed by atoms with E-state index >= 15 is 0 Å². The second-order valence-electron chi connectivity index (χ2n) is 11.1. The second-order valence-corrected chi connectivity index (χ2v) is 11.1. The molecule has 0 spiro atoms. The molecule has 216 valence electrons. The lowest BCUT2D eigenvalue weighted by Gasteiger charge is -2.33. The molecule has 2 aromatic heterocycles. The van der Waals surface area contributed by atoms with Crippen LogP contribution in [0.1, 0.15) is 92.0 Å². The Morgan fingerprint density at radius 2 is 1.93 bits per heavy atom. The summed E-state index contributed by atoms with van der Waals surface area (Å²) in [5, 5.41) is 17.4. The number of nitrogens with one attached hydrogen (secondary N) is 2. The van der Waals surface area contributed by atoms with Crippen LogP contribution < -0.4 is 10.6 Å². The first-order valence-electron chi connectivity index (χ1n) is 13.8. The van der Waals surface area contributed by atoms with Gasteiger partial charge >= 0.3 is 0 Å². The predicted molar refractivity (Wildman–Crippen MR) is 141 cm³/mol. The molecular weight excluding hydrogens is 524 g/mol. The van der Waals surface area contributed by atoms with Crippen LogP contribution in [0.25, 0.3) is 6.08 Å². The van der Waals surface area contributed by atoms with Gasteiger partial charge in [-0.3, -0.25) is 9.59 Å². The average Bonchev–Trinajstić information content (AvgIpc) is 3.85. The van der Waals surface area contributed by atoms with Gasteiger partial charge in [-0.25, -0.2) is 23.1 Å². The maximum absolute atomic E-state index is 14.0. The van der Waals surface area contributed by atoms with E-state index in [-0.39, 0.29) is 62.0 Å². The van der Waals surface area contributed by atoms with Crippen molar-refractivity contribution in [1.82, 2.24) is 30.6 Å². The molecule has 13 heteroatoms. The number of carbonyl (C=O) groups is 2. The number of imidazole rings is 1. The van der Waals surface area contributed by atoms with Crippen LogP contribution in [-0.4, -0.2) is 63.2 Å². The van der Waals surface area contributed by atoms with Gasteiger partial charge in [0.25, 0.3) is 5.91 Å². The maximum Gasteiger partial charge on any atom is 0.276 e. The Hall–Kier alpha value is -3.48. The number of aromatic nitrogens is 4. The Morgan fingerprint density at radius 3 is 2.52 bits per heavy atom. The van der Waals surface area contributed by atoms with Gasteiger partial charge < -0.3 is 15.4 Å². The number of hydrogen-bond donors (Lipinski definition) is 2. The van der Waals surface area contributed by atoms with Crippen LogP contribution >= 0.6 is 0 Å². The molecule has 3 saturated carbocycles. The predicted octanol–water partition coefficient (Wildman–Crippen LogP) is 3.81. The summed E-state index contributed by atoms with van der Waals surface area (Å²) in [6.07, 6.45) is 7.58. The van der Waals surface area contributed by atoms with Crippen LogP contribution in [-0.2, 0) is 9.53 Å². The fraction of sp³-hybridized carbons (Fsp3) is 0.630. The minimum Gasteiger partial charge on any atom is -0.368 e. The van der Waals surface area contributed by atoms with E-state index in [2.05, 4.69) is 37.4 Å². The van der Waals surface area contributed by atoms with Crippen molar-refractivity contribution in [3.63, 3.8) is 0 Å². The van der Waals surface area contributed by atoms with Crippen molar-refractivity contribution < 1.29 is 27.7 Å². The van der Waals surface area contributed by atoms with Crippen molar-refractivity contribution in [3.05, 3.63) is 34.7 Å². The number of amides is 2. The quantitative estimate of drug-likeness (QED) is 0.377. The molecule has 11 nitrogen and oxygen atoms in total. The molecule has 2 atom stereocenters. The summed E-state index contributed by atoms with van der Waals surface area (Å²) in [7, 11) is 0. The number of nitrogens with zero attached hydrogens (tertiary/aromatic N) is 5. The van der Waals surface area contributed by atoms with Crippen LogP contribution in [0.5, 0.6) is 0 Å². The summed E-state index contributed by atoms with van der Waals surface area (Å²) < 4.78 is 39.6. The highest BCUT2D eigenvalue weighted by molar-refractivity contribution is 5.93. The summed E-state index contributed by atoms with van der Waals surface area (Å²) in [5.74, 6) is -2.90. The van der Waals surface area contributed by atoms with Crippen LogP contribution in [0.4, 0.5) is 8.78 Å². The molecule has 0 aromatic carbocycles. The normalized spacial score (nSPS) is 21.1. The van der Waals surface area contributed by atoms with Gasteiger partial charge in [0.1, 0.15) is 12.3 Å². The molecule has 2 heterocycles. The fourth-order valence-electron chi connectivity index (χ4n) is 5.21. The molecule has 0 saturated heterocycles. The zero-order valence-electron chi connectivity index (χ0n) is 22.7. The highest BCUT2D eigenvalue weighted by Crippen LogP contribution is 2.41. The molecule has 40 heavy (non-hydrogen) atoms. The Bertz CT molecular complexity index is 1270. The third kappa shape index (κ3) is 6.80. The lowest BCUT2D eigenvalue weighted by Crippen LogP contribution is -2.39. The van der Waals surface area contributed by atoms with Crippen molar-refractivity contribution in [3.8, 4) is 0 Å². The molecular formula is C27H35F2N7O4. The van der Waals surface area contributed by atoms with Crippen LogP contribution in [0.2, 0.25) is 0 Å². The number of halogens is 2. The van der Waals surface area contributed by atoms with Crippen molar-refractivity contribution >= 4 is 24.6 Å². The summed E-state index contributed by atoms with van der Waals surface area (Å²) >= 11 is 0.